The van der Waals surface area contributed by atoms with Crippen LogP contribution in [0, 0.1) is 5.92 Å². The van der Waals surface area contributed by atoms with Crippen LogP contribution >= 0.6 is 36.4 Å². The van der Waals surface area contributed by atoms with E-state index in [0.29, 0.717) is 10.9 Å². The zero-order chi connectivity index (χ0) is 14.7. The van der Waals surface area contributed by atoms with Crippen LogP contribution in [-0.2, 0) is 6.54 Å². The van der Waals surface area contributed by atoms with Gasteiger partial charge in [0.1, 0.15) is 0 Å². The number of likely N-dealkylation sites (tertiary alicyclic amines) is 1. The van der Waals surface area contributed by atoms with Crippen molar-refractivity contribution in [2.24, 2.45) is 11.7 Å². The number of hydrogen-bond donors (Lipinski definition) is 1. The minimum atomic E-state index is 0. The second-order valence-corrected chi connectivity index (χ2v) is 6.02. The minimum Gasteiger partial charge on any atom is -0.439 e. The number of halogens is 3. The Morgan fingerprint density at radius 1 is 1.26 bits per heavy atom. The van der Waals surface area contributed by atoms with Crippen LogP contribution in [0.25, 0.3) is 11.3 Å². The predicted octanol–water partition coefficient (Wildman–Crippen LogP) is 4.01. The largest absolute Gasteiger partial charge is 0.439 e. The maximum atomic E-state index is 6.00. The zero-order valence-electron chi connectivity index (χ0n) is 12.8. The summed E-state index contributed by atoms with van der Waals surface area (Å²) in [7, 11) is 0. The minimum absolute atomic E-state index is 0. The Bertz CT molecular complexity index is 598. The van der Waals surface area contributed by atoms with Crippen molar-refractivity contribution in [2.45, 2.75) is 19.4 Å². The highest BCUT2D eigenvalue weighted by Crippen LogP contribution is 2.24. The number of hydrogen-bond acceptors (Lipinski definition) is 4. The third kappa shape index (κ3) is 5.37. The van der Waals surface area contributed by atoms with E-state index in [1.807, 2.05) is 24.3 Å². The molecule has 2 N–H and O–H groups in total. The maximum absolute atomic E-state index is 6.00. The Kier molecular flexibility index (Phi) is 8.37. The first-order chi connectivity index (χ1) is 10.2. The maximum Gasteiger partial charge on any atom is 0.209 e. The highest BCUT2D eigenvalue weighted by molar-refractivity contribution is 6.30. The summed E-state index contributed by atoms with van der Waals surface area (Å²) in [5, 5.41) is 0.703. The Balaban J connectivity index is 0.00000132. The number of aromatic nitrogens is 1. The van der Waals surface area contributed by atoms with Crippen LogP contribution in [0.3, 0.4) is 0 Å². The Hall–Kier alpha value is -0.780. The van der Waals surface area contributed by atoms with Crippen molar-refractivity contribution >= 4 is 36.4 Å². The molecule has 1 aliphatic rings. The lowest BCUT2D eigenvalue weighted by Gasteiger charge is -2.30. The average Bonchev–Trinajstić information content (AvgIpc) is 2.97. The van der Waals surface area contributed by atoms with Crippen LogP contribution in [0.1, 0.15) is 18.7 Å². The molecule has 1 fully saturated rings. The molecule has 3 rings (SSSR count). The Labute approximate surface area is 154 Å². The first-order valence-electron chi connectivity index (χ1n) is 7.37. The number of nitrogens with two attached hydrogens (primary N) is 1. The molecular formula is C16H22Cl3N3O. The molecule has 23 heavy (non-hydrogen) atoms. The Morgan fingerprint density at radius 2 is 2.00 bits per heavy atom. The summed E-state index contributed by atoms with van der Waals surface area (Å²) in [5.74, 6) is 2.20. The third-order valence-electron chi connectivity index (χ3n) is 4.06. The number of benzene rings is 1. The van der Waals surface area contributed by atoms with E-state index in [1.165, 1.54) is 12.8 Å². The van der Waals surface area contributed by atoms with Gasteiger partial charge in [-0.15, -0.1) is 24.8 Å². The van der Waals surface area contributed by atoms with Crippen LogP contribution in [0.4, 0.5) is 0 Å². The van der Waals surface area contributed by atoms with E-state index in [4.69, 9.17) is 21.8 Å². The number of piperidine rings is 1. The SMILES string of the molecule is Cl.Cl.NCC1CCN(Cc2ncc(-c3cccc(Cl)c3)o2)CC1. The molecule has 0 spiro atoms. The quantitative estimate of drug-likeness (QED) is 0.873. The van der Waals surface area contributed by atoms with E-state index < -0.39 is 0 Å². The van der Waals surface area contributed by atoms with Gasteiger partial charge in [0.05, 0.1) is 12.7 Å². The smallest absolute Gasteiger partial charge is 0.209 e. The second-order valence-electron chi connectivity index (χ2n) is 5.58. The predicted molar refractivity (Wildman–Crippen MR) is 98.5 cm³/mol. The number of oxazole rings is 1. The van der Waals surface area contributed by atoms with E-state index in [-0.39, 0.29) is 24.8 Å². The van der Waals surface area contributed by atoms with Crippen molar-refractivity contribution < 1.29 is 4.42 Å². The van der Waals surface area contributed by atoms with Gasteiger partial charge in [0, 0.05) is 10.6 Å². The second kappa shape index (κ2) is 9.50. The molecule has 2 heterocycles. The molecule has 2 aromatic rings. The van der Waals surface area contributed by atoms with E-state index in [1.54, 1.807) is 6.20 Å². The van der Waals surface area contributed by atoms with Gasteiger partial charge < -0.3 is 10.2 Å². The van der Waals surface area contributed by atoms with Crippen LogP contribution < -0.4 is 5.73 Å². The van der Waals surface area contributed by atoms with Crippen LogP contribution in [-0.4, -0.2) is 29.5 Å². The molecule has 0 bridgehead atoms. The van der Waals surface area contributed by atoms with Crippen molar-refractivity contribution in [3.8, 4) is 11.3 Å². The number of nitrogens with zero attached hydrogens (tertiary/aromatic N) is 2. The van der Waals surface area contributed by atoms with Gasteiger partial charge in [-0.2, -0.15) is 0 Å². The fourth-order valence-electron chi connectivity index (χ4n) is 2.73. The lowest BCUT2D eigenvalue weighted by Crippen LogP contribution is -2.35. The molecule has 0 radical (unpaired) electrons. The summed E-state index contributed by atoms with van der Waals surface area (Å²) in [4.78, 5) is 6.75. The van der Waals surface area contributed by atoms with Gasteiger partial charge in [0.2, 0.25) is 5.89 Å². The molecule has 0 atom stereocenters. The van der Waals surface area contributed by atoms with Gasteiger partial charge in [-0.25, -0.2) is 4.98 Å². The molecule has 1 aliphatic heterocycles. The van der Waals surface area contributed by atoms with Gasteiger partial charge in [-0.3, -0.25) is 4.90 Å². The molecule has 1 aromatic heterocycles. The zero-order valence-corrected chi connectivity index (χ0v) is 15.2. The lowest BCUT2D eigenvalue weighted by molar-refractivity contribution is 0.167. The first-order valence-corrected chi connectivity index (χ1v) is 7.75. The molecule has 0 saturated carbocycles. The van der Waals surface area contributed by atoms with Gasteiger partial charge in [-0.05, 0) is 50.5 Å². The fourth-order valence-corrected chi connectivity index (χ4v) is 2.92. The highest BCUT2D eigenvalue weighted by atomic mass is 35.5. The summed E-state index contributed by atoms with van der Waals surface area (Å²) in [6, 6.07) is 7.63. The monoisotopic (exact) mass is 377 g/mol. The van der Waals surface area contributed by atoms with Gasteiger partial charge >= 0.3 is 0 Å². The molecule has 128 valence electrons. The van der Waals surface area contributed by atoms with Crippen LogP contribution in [0.15, 0.2) is 34.9 Å². The first kappa shape index (κ1) is 20.3. The van der Waals surface area contributed by atoms with Crippen molar-refractivity contribution in [3.05, 3.63) is 41.4 Å². The summed E-state index contributed by atoms with van der Waals surface area (Å²) < 4.78 is 5.84. The van der Waals surface area contributed by atoms with E-state index in [9.17, 15) is 0 Å². The normalized spacial score (nSPS) is 15.7. The number of rotatable bonds is 4. The molecule has 0 unspecified atom stereocenters. The summed E-state index contributed by atoms with van der Waals surface area (Å²) >= 11 is 6.00. The summed E-state index contributed by atoms with van der Waals surface area (Å²) in [6.45, 7) is 3.69. The molecule has 0 amide bonds. The van der Waals surface area contributed by atoms with Crippen LogP contribution in [0.5, 0.6) is 0 Å². The summed E-state index contributed by atoms with van der Waals surface area (Å²) in [5.41, 5.74) is 6.68. The molecule has 1 aromatic carbocycles. The molecule has 0 aliphatic carbocycles. The van der Waals surface area contributed by atoms with Gasteiger partial charge in [-0.1, -0.05) is 23.7 Å². The summed E-state index contributed by atoms with van der Waals surface area (Å²) in [6.07, 6.45) is 4.10. The van der Waals surface area contributed by atoms with Gasteiger partial charge in [0.25, 0.3) is 0 Å². The molecule has 7 heteroatoms. The van der Waals surface area contributed by atoms with Crippen molar-refractivity contribution in [3.63, 3.8) is 0 Å². The van der Waals surface area contributed by atoms with Crippen LogP contribution in [0.2, 0.25) is 5.02 Å². The van der Waals surface area contributed by atoms with Gasteiger partial charge in [0.15, 0.2) is 5.76 Å². The Morgan fingerprint density at radius 3 is 2.65 bits per heavy atom. The van der Waals surface area contributed by atoms with E-state index in [0.717, 1.165) is 43.4 Å². The van der Waals surface area contributed by atoms with Crippen molar-refractivity contribution in [1.29, 1.82) is 0 Å². The average molecular weight is 379 g/mol. The standard InChI is InChI=1S/C16H20ClN3O.2ClH/c17-14-3-1-2-13(8-14)15-10-19-16(21-15)11-20-6-4-12(9-18)5-7-20;;/h1-3,8,10,12H,4-7,9,11,18H2;2*1H. The molecular weight excluding hydrogens is 357 g/mol. The van der Waals surface area contributed by atoms with E-state index in [2.05, 4.69) is 9.88 Å². The molecule has 4 nitrogen and oxygen atoms in total. The molecule has 1 saturated heterocycles. The van der Waals surface area contributed by atoms with E-state index >= 15 is 0 Å². The fraction of sp³-hybridized carbons (Fsp3) is 0.438. The van der Waals surface area contributed by atoms with Crippen molar-refractivity contribution in [2.75, 3.05) is 19.6 Å². The third-order valence-corrected chi connectivity index (χ3v) is 4.30. The topological polar surface area (TPSA) is 55.3 Å². The van der Waals surface area contributed by atoms with Crippen molar-refractivity contribution in [1.82, 2.24) is 9.88 Å². The lowest BCUT2D eigenvalue weighted by atomic mass is 9.97. The highest BCUT2D eigenvalue weighted by Gasteiger charge is 2.19.